The molecule has 0 amide bonds. The summed E-state index contributed by atoms with van der Waals surface area (Å²) in [4.78, 5) is 24.1. The topological polar surface area (TPSA) is 63.6 Å². The van der Waals surface area contributed by atoms with Crippen LogP contribution in [0.2, 0.25) is 0 Å². The minimum atomic E-state index is -1.10. The van der Waals surface area contributed by atoms with Crippen LogP contribution in [0.1, 0.15) is 145 Å². The Morgan fingerprint density at radius 3 is 1.62 bits per heavy atom. The van der Waals surface area contributed by atoms with E-state index in [4.69, 9.17) is 4.74 Å². The Labute approximate surface area is 208 Å². The number of carboxylic acids is 1. The number of hydrogen-bond donors (Lipinski definition) is 1. The Kier molecular flexibility index (Phi) is 16.4. The number of unbranched alkanes of at least 4 members (excludes halogenated alkanes) is 11. The van der Waals surface area contributed by atoms with E-state index in [1.54, 1.807) is 12.1 Å². The van der Waals surface area contributed by atoms with E-state index in [1.807, 2.05) is 0 Å². The molecule has 0 aliphatic rings. The number of ether oxygens (including phenoxy) is 1. The van der Waals surface area contributed by atoms with Crippen molar-refractivity contribution in [1.29, 1.82) is 0 Å². The van der Waals surface area contributed by atoms with E-state index in [2.05, 4.69) is 27.7 Å². The van der Waals surface area contributed by atoms with Crippen molar-refractivity contribution in [3.8, 4) is 0 Å². The zero-order valence-electron chi connectivity index (χ0n) is 22.3. The first-order valence-corrected chi connectivity index (χ1v) is 13.9. The van der Waals surface area contributed by atoms with Crippen molar-refractivity contribution in [2.24, 2.45) is 11.8 Å². The lowest BCUT2D eigenvalue weighted by Crippen LogP contribution is -2.26. The summed E-state index contributed by atoms with van der Waals surface area (Å²) in [5.74, 6) is -0.527. The fourth-order valence-corrected chi connectivity index (χ4v) is 4.44. The molecule has 0 aliphatic carbocycles. The first kappa shape index (κ1) is 30.2. The van der Waals surface area contributed by atoms with Gasteiger partial charge in [-0.1, -0.05) is 123 Å². The Hall–Kier alpha value is -1.84. The highest BCUT2D eigenvalue weighted by Crippen LogP contribution is 2.22. The number of rotatable bonds is 20. The van der Waals surface area contributed by atoms with Gasteiger partial charge >= 0.3 is 11.9 Å². The molecule has 4 nitrogen and oxygen atoms in total. The third-order valence-corrected chi connectivity index (χ3v) is 6.93. The van der Waals surface area contributed by atoms with E-state index in [0.717, 1.165) is 31.6 Å². The molecule has 2 unspecified atom stereocenters. The number of carboxylic acid groups (broad SMARTS) is 1. The van der Waals surface area contributed by atoms with Crippen LogP contribution in [0.15, 0.2) is 24.3 Å². The summed E-state index contributed by atoms with van der Waals surface area (Å²) in [6.07, 6.45) is 18.7. The average molecular weight is 475 g/mol. The van der Waals surface area contributed by atoms with Crippen LogP contribution in [-0.2, 0) is 4.74 Å². The van der Waals surface area contributed by atoms with Gasteiger partial charge in [-0.3, -0.25) is 0 Å². The molecule has 0 fully saturated rings. The van der Waals surface area contributed by atoms with Gasteiger partial charge in [0.1, 0.15) is 6.10 Å². The molecule has 0 saturated heterocycles. The van der Waals surface area contributed by atoms with Crippen LogP contribution in [0.3, 0.4) is 0 Å². The highest BCUT2D eigenvalue weighted by atomic mass is 16.5. The molecular weight excluding hydrogens is 424 g/mol. The van der Waals surface area contributed by atoms with Crippen molar-refractivity contribution >= 4 is 11.9 Å². The van der Waals surface area contributed by atoms with E-state index in [-0.39, 0.29) is 23.1 Å². The van der Waals surface area contributed by atoms with Gasteiger partial charge in [-0.2, -0.15) is 0 Å². The third kappa shape index (κ3) is 13.2. The molecule has 1 N–H and O–H groups in total. The van der Waals surface area contributed by atoms with Crippen molar-refractivity contribution in [2.45, 2.75) is 130 Å². The Balaban J connectivity index is 2.20. The molecule has 0 saturated carbocycles. The standard InChI is InChI=1S/C30H50O4/c1-5-25(4)28(34-30(33)27-22-19-18-21-26(27)29(31)32)23-17-15-13-11-9-7-6-8-10-12-14-16-20-24(2)3/h18-19,21-22,24-25,28H,5-17,20,23H2,1-4H3,(H,31,32). The van der Waals surface area contributed by atoms with Crippen LogP contribution in [-0.4, -0.2) is 23.1 Å². The lowest BCUT2D eigenvalue weighted by atomic mass is 9.95. The Bertz CT molecular complexity index is 682. The van der Waals surface area contributed by atoms with Gasteiger partial charge < -0.3 is 9.84 Å². The van der Waals surface area contributed by atoms with Gasteiger partial charge in [-0.15, -0.1) is 0 Å². The van der Waals surface area contributed by atoms with Crippen LogP contribution in [0, 0.1) is 11.8 Å². The number of carbonyl (C=O) groups excluding carboxylic acids is 1. The molecule has 1 aromatic carbocycles. The summed E-state index contributed by atoms with van der Waals surface area (Å²) in [6.45, 7) is 8.82. The van der Waals surface area contributed by atoms with Gasteiger partial charge in [0, 0.05) is 0 Å². The molecule has 34 heavy (non-hydrogen) atoms. The predicted molar refractivity (Wildman–Crippen MR) is 142 cm³/mol. The van der Waals surface area contributed by atoms with E-state index in [1.165, 1.54) is 82.8 Å². The summed E-state index contributed by atoms with van der Waals surface area (Å²) in [5, 5.41) is 9.35. The van der Waals surface area contributed by atoms with Gasteiger partial charge in [-0.25, -0.2) is 9.59 Å². The van der Waals surface area contributed by atoms with Crippen LogP contribution < -0.4 is 0 Å². The van der Waals surface area contributed by atoms with Gasteiger partial charge in [0.2, 0.25) is 0 Å². The van der Waals surface area contributed by atoms with Crippen LogP contribution in [0.4, 0.5) is 0 Å². The second-order valence-electron chi connectivity index (χ2n) is 10.4. The molecule has 2 atom stereocenters. The second kappa shape index (κ2) is 18.5. The number of benzene rings is 1. The van der Waals surface area contributed by atoms with E-state index >= 15 is 0 Å². The molecule has 1 rings (SSSR count). The minimum absolute atomic E-state index is 0.00142. The van der Waals surface area contributed by atoms with Crippen molar-refractivity contribution in [3.63, 3.8) is 0 Å². The molecule has 0 aliphatic heterocycles. The summed E-state index contributed by atoms with van der Waals surface area (Å²) < 4.78 is 5.80. The van der Waals surface area contributed by atoms with Crippen LogP contribution >= 0.6 is 0 Å². The molecule has 0 radical (unpaired) electrons. The Morgan fingerprint density at radius 1 is 0.735 bits per heavy atom. The van der Waals surface area contributed by atoms with Crippen LogP contribution in [0.25, 0.3) is 0 Å². The smallest absolute Gasteiger partial charge is 0.339 e. The number of aromatic carboxylic acids is 1. The molecule has 1 aromatic rings. The zero-order chi connectivity index (χ0) is 25.2. The quantitative estimate of drug-likeness (QED) is 0.151. The fourth-order valence-electron chi connectivity index (χ4n) is 4.44. The van der Waals surface area contributed by atoms with Gasteiger partial charge in [-0.05, 0) is 36.8 Å². The summed E-state index contributed by atoms with van der Waals surface area (Å²) in [6, 6.07) is 6.29. The molecule has 194 valence electrons. The first-order chi connectivity index (χ1) is 16.4. The largest absolute Gasteiger partial charge is 0.478 e. The number of esters is 1. The first-order valence-electron chi connectivity index (χ1n) is 13.9. The van der Waals surface area contributed by atoms with E-state index < -0.39 is 11.9 Å². The van der Waals surface area contributed by atoms with Crippen molar-refractivity contribution < 1.29 is 19.4 Å². The Morgan fingerprint density at radius 2 is 1.18 bits per heavy atom. The van der Waals surface area contributed by atoms with Crippen LogP contribution in [0.5, 0.6) is 0 Å². The molecular formula is C30H50O4. The SMILES string of the molecule is CCC(C)C(CCCCCCCCCCCCCCC(C)C)OC(=O)c1ccccc1C(=O)O. The lowest BCUT2D eigenvalue weighted by molar-refractivity contribution is 0.0119. The fraction of sp³-hybridized carbons (Fsp3) is 0.733. The van der Waals surface area contributed by atoms with Gasteiger partial charge in [0.25, 0.3) is 0 Å². The molecule has 0 aromatic heterocycles. The molecule has 0 heterocycles. The molecule has 0 spiro atoms. The predicted octanol–water partition coefficient (Wildman–Crippen LogP) is 9.07. The normalized spacial score (nSPS) is 13.1. The van der Waals surface area contributed by atoms with Crippen molar-refractivity contribution in [3.05, 3.63) is 35.4 Å². The van der Waals surface area contributed by atoms with Crippen molar-refractivity contribution in [2.75, 3.05) is 0 Å². The second-order valence-corrected chi connectivity index (χ2v) is 10.4. The van der Waals surface area contributed by atoms with E-state index in [0.29, 0.717) is 0 Å². The molecule has 0 bridgehead atoms. The summed E-state index contributed by atoms with van der Waals surface area (Å²) >= 11 is 0. The maximum atomic E-state index is 12.7. The molecule has 4 heteroatoms. The number of carbonyl (C=O) groups is 2. The maximum Gasteiger partial charge on any atom is 0.339 e. The lowest BCUT2D eigenvalue weighted by Gasteiger charge is -2.23. The third-order valence-electron chi connectivity index (χ3n) is 6.93. The average Bonchev–Trinajstić information content (AvgIpc) is 2.82. The van der Waals surface area contributed by atoms with Gasteiger partial charge in [0.05, 0.1) is 11.1 Å². The monoisotopic (exact) mass is 474 g/mol. The number of hydrogen-bond acceptors (Lipinski definition) is 3. The van der Waals surface area contributed by atoms with E-state index in [9.17, 15) is 14.7 Å². The summed E-state index contributed by atoms with van der Waals surface area (Å²) in [7, 11) is 0. The maximum absolute atomic E-state index is 12.7. The highest BCUT2D eigenvalue weighted by Gasteiger charge is 2.24. The summed E-state index contributed by atoms with van der Waals surface area (Å²) in [5.41, 5.74) is 0.139. The minimum Gasteiger partial charge on any atom is -0.478 e. The zero-order valence-corrected chi connectivity index (χ0v) is 22.3. The van der Waals surface area contributed by atoms with Crippen molar-refractivity contribution in [1.82, 2.24) is 0 Å². The highest BCUT2D eigenvalue weighted by molar-refractivity contribution is 6.02. The van der Waals surface area contributed by atoms with Gasteiger partial charge in [0.15, 0.2) is 0 Å².